The van der Waals surface area contributed by atoms with E-state index in [1.165, 1.54) is 31.2 Å². The van der Waals surface area contributed by atoms with Crippen molar-refractivity contribution in [3.63, 3.8) is 0 Å². The molecule has 1 heterocycles. The van der Waals surface area contributed by atoms with E-state index in [1.54, 1.807) is 6.92 Å². The van der Waals surface area contributed by atoms with E-state index in [4.69, 9.17) is 27.9 Å². The molecule has 0 fully saturated rings. The van der Waals surface area contributed by atoms with Gasteiger partial charge in [0.1, 0.15) is 5.00 Å². The Morgan fingerprint density at radius 2 is 1.66 bits per heavy atom. The van der Waals surface area contributed by atoms with Gasteiger partial charge in [0.15, 0.2) is 0 Å². The molecule has 0 atom stereocenters. The topological polar surface area (TPSA) is 84.5 Å². The van der Waals surface area contributed by atoms with Crippen LogP contribution in [-0.2, 0) is 10.9 Å². The number of hydrogen-bond acceptors (Lipinski definition) is 5. The molecule has 0 saturated heterocycles. The molecule has 12 heteroatoms. The van der Waals surface area contributed by atoms with E-state index < -0.39 is 29.5 Å². The summed E-state index contributed by atoms with van der Waals surface area (Å²) < 4.78 is 44.3. The summed E-state index contributed by atoms with van der Waals surface area (Å²) in [5.74, 6) is -2.16. The monoisotopic (exact) mass is 544 g/mol. The minimum Gasteiger partial charge on any atom is -0.462 e. The van der Waals surface area contributed by atoms with Crippen LogP contribution in [0, 0.1) is 6.92 Å². The first-order valence-electron chi connectivity index (χ1n) is 9.97. The van der Waals surface area contributed by atoms with E-state index in [9.17, 15) is 27.6 Å². The Labute approximate surface area is 212 Å². The van der Waals surface area contributed by atoms with Crippen molar-refractivity contribution in [1.82, 2.24) is 0 Å². The zero-order valence-electron chi connectivity index (χ0n) is 18.2. The van der Waals surface area contributed by atoms with Crippen LogP contribution in [0.25, 0.3) is 0 Å². The smallest absolute Gasteiger partial charge is 0.416 e. The van der Waals surface area contributed by atoms with Crippen LogP contribution in [0.4, 0.5) is 23.9 Å². The van der Waals surface area contributed by atoms with Crippen molar-refractivity contribution in [2.24, 2.45) is 0 Å². The van der Waals surface area contributed by atoms with Gasteiger partial charge in [0.05, 0.1) is 33.3 Å². The molecule has 0 bridgehead atoms. The number of nitrogens with one attached hydrogen (secondary N) is 2. The molecule has 2 N–H and O–H groups in total. The Kier molecular flexibility index (Phi) is 8.09. The average Bonchev–Trinajstić information content (AvgIpc) is 3.10. The summed E-state index contributed by atoms with van der Waals surface area (Å²) in [7, 11) is 0. The van der Waals surface area contributed by atoms with Gasteiger partial charge in [0.25, 0.3) is 11.8 Å². The average molecular weight is 545 g/mol. The zero-order chi connectivity index (χ0) is 25.9. The standard InChI is InChI=1S/C23H17Cl2F3N2O4S/c1-3-34-22(33)17-11(2)18(35-21(17)30-19(31)12-4-7-14(24)8-5-12)20(32)29-16-10-13(23(26,27)28)6-9-15(16)25/h4-10H,3H2,1-2H3,(H,29,32)(H,30,31). The van der Waals surface area contributed by atoms with Crippen LogP contribution >= 0.6 is 34.5 Å². The van der Waals surface area contributed by atoms with Crippen LogP contribution in [0.5, 0.6) is 0 Å². The van der Waals surface area contributed by atoms with Gasteiger partial charge in [0, 0.05) is 10.6 Å². The predicted molar refractivity (Wildman–Crippen MR) is 129 cm³/mol. The number of amides is 2. The Morgan fingerprint density at radius 3 is 2.26 bits per heavy atom. The number of carbonyl (C=O) groups excluding carboxylic acids is 3. The molecule has 0 radical (unpaired) electrons. The van der Waals surface area contributed by atoms with E-state index in [-0.39, 0.29) is 43.9 Å². The van der Waals surface area contributed by atoms with Crippen LogP contribution in [0.1, 0.15) is 48.4 Å². The highest BCUT2D eigenvalue weighted by Gasteiger charge is 2.32. The lowest BCUT2D eigenvalue weighted by Gasteiger charge is -2.11. The lowest BCUT2D eigenvalue weighted by molar-refractivity contribution is -0.137. The summed E-state index contributed by atoms with van der Waals surface area (Å²) in [6, 6.07) is 8.50. The van der Waals surface area contributed by atoms with Crippen molar-refractivity contribution in [2.75, 3.05) is 17.2 Å². The molecule has 0 unspecified atom stereocenters. The molecule has 0 aliphatic carbocycles. The van der Waals surface area contributed by atoms with Gasteiger partial charge in [-0.05, 0) is 61.9 Å². The normalized spacial score (nSPS) is 11.2. The number of benzene rings is 2. The molecule has 2 amide bonds. The number of halogens is 5. The van der Waals surface area contributed by atoms with Crippen molar-refractivity contribution in [2.45, 2.75) is 20.0 Å². The van der Waals surface area contributed by atoms with Crippen LogP contribution in [0.2, 0.25) is 10.0 Å². The summed E-state index contributed by atoms with van der Waals surface area (Å²) in [4.78, 5) is 38.2. The number of thiophene rings is 1. The van der Waals surface area contributed by atoms with Crippen molar-refractivity contribution in [3.05, 3.63) is 79.6 Å². The summed E-state index contributed by atoms with van der Waals surface area (Å²) in [5, 5.41) is 5.29. The second kappa shape index (κ2) is 10.7. The fourth-order valence-electron chi connectivity index (χ4n) is 3.02. The van der Waals surface area contributed by atoms with Gasteiger partial charge >= 0.3 is 12.1 Å². The molecule has 0 aliphatic heterocycles. The van der Waals surface area contributed by atoms with E-state index in [1.807, 2.05) is 0 Å². The second-order valence-electron chi connectivity index (χ2n) is 7.09. The van der Waals surface area contributed by atoms with E-state index in [2.05, 4.69) is 10.6 Å². The summed E-state index contributed by atoms with van der Waals surface area (Å²) in [5.41, 5.74) is -0.871. The van der Waals surface area contributed by atoms with E-state index in [0.717, 1.165) is 23.5 Å². The van der Waals surface area contributed by atoms with Crippen molar-refractivity contribution < 1.29 is 32.3 Å². The number of carbonyl (C=O) groups is 3. The molecule has 0 aliphatic rings. The number of alkyl halides is 3. The molecule has 3 rings (SSSR count). The predicted octanol–water partition coefficient (Wildman–Crippen LogP) is 7.06. The van der Waals surface area contributed by atoms with Gasteiger partial charge in [-0.3, -0.25) is 9.59 Å². The highest BCUT2D eigenvalue weighted by molar-refractivity contribution is 7.19. The van der Waals surface area contributed by atoms with Crippen LogP contribution < -0.4 is 10.6 Å². The highest BCUT2D eigenvalue weighted by Crippen LogP contribution is 2.37. The second-order valence-corrected chi connectivity index (χ2v) is 8.95. The third-order valence-electron chi connectivity index (χ3n) is 4.71. The first-order valence-corrected chi connectivity index (χ1v) is 11.5. The van der Waals surface area contributed by atoms with Gasteiger partial charge in [0.2, 0.25) is 0 Å². The summed E-state index contributed by atoms with van der Waals surface area (Å²) in [6.07, 6.45) is -4.64. The third kappa shape index (κ3) is 6.14. The fourth-order valence-corrected chi connectivity index (χ4v) is 4.40. The van der Waals surface area contributed by atoms with Crippen LogP contribution in [0.15, 0.2) is 42.5 Å². The summed E-state index contributed by atoms with van der Waals surface area (Å²) in [6.45, 7) is 3.10. The maximum absolute atomic E-state index is 13.1. The van der Waals surface area contributed by atoms with Crippen LogP contribution in [-0.4, -0.2) is 24.4 Å². The van der Waals surface area contributed by atoms with Gasteiger partial charge in [-0.1, -0.05) is 23.2 Å². The SMILES string of the molecule is CCOC(=O)c1c(NC(=O)c2ccc(Cl)cc2)sc(C(=O)Nc2cc(C(F)(F)F)ccc2Cl)c1C. The molecule has 6 nitrogen and oxygen atoms in total. The molecule has 35 heavy (non-hydrogen) atoms. The van der Waals surface area contributed by atoms with Crippen molar-refractivity contribution in [3.8, 4) is 0 Å². The van der Waals surface area contributed by atoms with Crippen LogP contribution in [0.3, 0.4) is 0 Å². The minimum atomic E-state index is -4.64. The first kappa shape index (κ1) is 26.5. The lowest BCUT2D eigenvalue weighted by atomic mass is 10.1. The fraction of sp³-hybridized carbons (Fsp3) is 0.174. The molecule has 0 saturated carbocycles. The number of ether oxygens (including phenoxy) is 1. The number of hydrogen-bond donors (Lipinski definition) is 2. The Morgan fingerprint density at radius 1 is 1.00 bits per heavy atom. The Hall–Kier alpha value is -3.08. The molecule has 1 aromatic heterocycles. The quantitative estimate of drug-likeness (QED) is 0.325. The Balaban J connectivity index is 1.97. The maximum Gasteiger partial charge on any atom is 0.416 e. The van der Waals surface area contributed by atoms with Gasteiger partial charge in [-0.25, -0.2) is 4.79 Å². The number of esters is 1. The van der Waals surface area contributed by atoms with Gasteiger partial charge < -0.3 is 15.4 Å². The largest absolute Gasteiger partial charge is 0.462 e. The molecule has 2 aromatic carbocycles. The van der Waals surface area contributed by atoms with E-state index >= 15 is 0 Å². The molecule has 3 aromatic rings. The zero-order valence-corrected chi connectivity index (χ0v) is 20.5. The van der Waals surface area contributed by atoms with Crippen molar-refractivity contribution >= 4 is 63.0 Å². The van der Waals surface area contributed by atoms with Gasteiger partial charge in [-0.2, -0.15) is 13.2 Å². The maximum atomic E-state index is 13.1. The number of anilines is 2. The molecule has 184 valence electrons. The highest BCUT2D eigenvalue weighted by atomic mass is 35.5. The first-order chi connectivity index (χ1) is 16.4. The molecular formula is C23H17Cl2F3N2O4S. The minimum absolute atomic E-state index is 0.0204. The van der Waals surface area contributed by atoms with Crippen molar-refractivity contribution in [1.29, 1.82) is 0 Å². The lowest BCUT2D eigenvalue weighted by Crippen LogP contribution is -2.15. The third-order valence-corrected chi connectivity index (χ3v) is 6.50. The van der Waals surface area contributed by atoms with Gasteiger partial charge in [-0.15, -0.1) is 11.3 Å². The molecule has 0 spiro atoms. The number of rotatable bonds is 6. The van der Waals surface area contributed by atoms with E-state index in [0.29, 0.717) is 11.1 Å². The Bertz CT molecular complexity index is 1290. The molecular weight excluding hydrogens is 528 g/mol. The summed E-state index contributed by atoms with van der Waals surface area (Å²) >= 11 is 12.6.